The summed E-state index contributed by atoms with van der Waals surface area (Å²) in [7, 11) is 12.2. The van der Waals surface area contributed by atoms with Crippen molar-refractivity contribution in [3.8, 4) is 29.1 Å². The van der Waals surface area contributed by atoms with Crippen molar-refractivity contribution < 1.29 is 75.5 Å². The van der Waals surface area contributed by atoms with Gasteiger partial charge in [-0.2, -0.15) is 5.26 Å². The zero-order chi connectivity index (χ0) is 93.3. The third-order valence-electron chi connectivity index (χ3n) is 22.6. The van der Waals surface area contributed by atoms with Crippen LogP contribution in [0.5, 0.6) is 23.0 Å². The maximum atomic E-state index is 14.4. The lowest BCUT2D eigenvalue weighted by Crippen LogP contribution is -2.42. The second-order valence-corrected chi connectivity index (χ2v) is 41.1. The molecule has 694 valence electrons. The van der Waals surface area contributed by atoms with Gasteiger partial charge in [-0.15, -0.1) is 0 Å². The van der Waals surface area contributed by atoms with Crippen molar-refractivity contribution in [1.29, 1.82) is 5.26 Å². The predicted octanol–water partition coefficient (Wildman–Crippen LogP) is 20.3. The summed E-state index contributed by atoms with van der Waals surface area (Å²) >= 11 is 6.13. The molecule has 2 unspecified atom stereocenters. The first-order chi connectivity index (χ1) is 62.9. The minimum absolute atomic E-state index is 0.0124. The summed E-state index contributed by atoms with van der Waals surface area (Å²) in [6, 6.07) is 68.3. The van der Waals surface area contributed by atoms with E-state index in [0.717, 1.165) is 67.9 Å². The van der Waals surface area contributed by atoms with E-state index in [1.807, 2.05) is 149 Å². The van der Waals surface area contributed by atoms with Gasteiger partial charge >= 0.3 is 0 Å². The molecular weight excluding hydrogens is 1780 g/mol. The van der Waals surface area contributed by atoms with Gasteiger partial charge in [0.2, 0.25) is 26.0 Å². The Morgan fingerprint density at radius 3 is 1.13 bits per heavy atom. The molecule has 24 nitrogen and oxygen atoms in total. The number of carbonyl (C=O) groups excluding carboxylic acids is 6. The lowest BCUT2D eigenvalue weighted by Gasteiger charge is -2.38. The van der Waals surface area contributed by atoms with Crippen LogP contribution in [-0.2, 0) is 48.6 Å². The molecule has 2 fully saturated rings. The Labute approximate surface area is 790 Å². The average molecular weight is 1900 g/mol. The fourth-order valence-electron chi connectivity index (χ4n) is 16.4. The fraction of sp³-hybridized carbons (Fsp3) is 0.434. The molecule has 0 saturated carbocycles. The Kier molecular flexibility index (Phi) is 41.5. The van der Waals surface area contributed by atoms with Gasteiger partial charge in [-0.1, -0.05) is 177 Å². The molecular formula is C99H121ClN8O16P2S4. The normalized spacial score (nSPS) is 16.5. The molecule has 6 atom stereocenters. The van der Waals surface area contributed by atoms with E-state index < -0.39 is 27.4 Å². The number of hydrogen-bond acceptors (Lipinski definition) is 23. The van der Waals surface area contributed by atoms with Crippen molar-refractivity contribution in [2.75, 3.05) is 118 Å². The summed E-state index contributed by atoms with van der Waals surface area (Å²) in [4.78, 5) is 89.0. The van der Waals surface area contributed by atoms with Crippen LogP contribution in [0.2, 0.25) is 0 Å². The Balaban J connectivity index is 0.000000239. The molecule has 0 aromatic heterocycles. The topological polar surface area (TPSA) is 242 Å². The quantitative estimate of drug-likeness (QED) is 0.00859. The molecule has 4 aliphatic heterocycles. The Morgan fingerprint density at radius 1 is 0.469 bits per heavy atom. The number of nitrogens with zero attached hydrogens (tertiary/aromatic N) is 8. The minimum atomic E-state index is -1.54. The number of halogens is 1. The summed E-state index contributed by atoms with van der Waals surface area (Å²) in [5, 5.41) is 8.36. The van der Waals surface area contributed by atoms with Crippen LogP contribution in [0.15, 0.2) is 206 Å². The van der Waals surface area contributed by atoms with Crippen LogP contribution < -0.4 is 18.9 Å². The highest BCUT2D eigenvalue weighted by Crippen LogP contribution is 2.52. The highest BCUT2D eigenvalue weighted by Gasteiger charge is 2.46. The van der Waals surface area contributed by atoms with Gasteiger partial charge in [0.1, 0.15) is 40.8 Å². The van der Waals surface area contributed by atoms with Gasteiger partial charge in [-0.05, 0) is 198 Å². The number of hydrogen-bond donors (Lipinski definition) is 0. The third-order valence-corrected chi connectivity index (χ3v) is 32.2. The van der Waals surface area contributed by atoms with E-state index in [-0.39, 0.29) is 91.6 Å². The van der Waals surface area contributed by atoms with E-state index in [0.29, 0.717) is 130 Å². The largest absolute Gasteiger partial charge is 0.497 e. The first-order valence-corrected chi connectivity index (χ1v) is 52.1. The molecule has 8 aromatic rings. The fourth-order valence-corrected chi connectivity index (χ4v) is 24.5. The molecule has 8 aromatic carbocycles. The first-order valence-electron chi connectivity index (χ1n) is 43.8. The van der Waals surface area contributed by atoms with Gasteiger partial charge < -0.3 is 61.4 Å². The number of benzene rings is 8. The molecule has 0 aliphatic carbocycles. The van der Waals surface area contributed by atoms with Crippen molar-refractivity contribution in [1.82, 2.24) is 28.9 Å². The number of ether oxygens (including phenoxy) is 7. The van der Waals surface area contributed by atoms with Crippen LogP contribution in [0, 0.1) is 17.9 Å². The molecule has 0 radical (unpaired) electrons. The third kappa shape index (κ3) is 26.9. The van der Waals surface area contributed by atoms with Crippen molar-refractivity contribution in [3.05, 3.63) is 273 Å². The Morgan fingerprint density at radius 2 is 0.800 bits per heavy atom. The number of imide groups is 2. The lowest BCUT2D eigenvalue weighted by molar-refractivity contribution is -0.135. The van der Waals surface area contributed by atoms with Gasteiger partial charge in [0.05, 0.1) is 107 Å². The van der Waals surface area contributed by atoms with Gasteiger partial charge in [-0.25, -0.2) is 15.9 Å². The predicted molar refractivity (Wildman–Crippen MR) is 522 cm³/mol. The molecule has 0 N–H and O–H groups in total. The van der Waals surface area contributed by atoms with Crippen LogP contribution >= 0.6 is 70.6 Å². The van der Waals surface area contributed by atoms with E-state index in [9.17, 15) is 28.8 Å². The zero-order valence-electron chi connectivity index (χ0n) is 76.4. The van der Waals surface area contributed by atoms with Crippen molar-refractivity contribution in [2.24, 2.45) is 0 Å². The Bertz CT molecular complexity index is 4830. The number of nitriles is 1. The number of amides is 6. The second-order valence-electron chi connectivity index (χ2n) is 32.3. The van der Waals surface area contributed by atoms with Gasteiger partial charge in [-0.3, -0.25) is 38.6 Å². The van der Waals surface area contributed by atoms with E-state index in [1.54, 1.807) is 127 Å². The summed E-state index contributed by atoms with van der Waals surface area (Å²) in [6.07, 6.45) is 3.25. The number of methoxy groups -OCH3 is 5. The standard InChI is InChI=1S/C49H59N4O8PS2.C41H44N2O7S2.C9H18ClN2OP/c1-35(2)53(36(3)4)62(60-29-27-50-5)61-43-32-40(52(33-43)46(54)18-13-30-63-64-31-28-51-47(55)44-16-11-12-17-45(44)48(51)56)34-59-49(37-14-9-8-10-15-37,38-19-23-41(57-6)24-20-38)39-21-25-42(58-7)26-22-39;1-47-33-19-15-30(16-20-33)41(29-10-5-4-6-11-29,31-17-21-34(48-2)22-18-31)50-28-32-26-35(49-3)27-43(32)38(44)14-9-24-51-52-25-23-42-39(45)36-12-7-8-13-37(36)40(42)46;1-8(2)12(9(3)4)14(10)13-7-5-6-11/h8-12,14-17,19-26,35-36,40,43H,13,18,27-34H2,1-4,6-7H3;4-8,10-13,15-22,32,35H,9,14,23-28H2,1-3H3;8-9H,5,7H2,1-4H3/t40-,43+,62?;32-,35+;/m00./s1. The van der Waals surface area contributed by atoms with Crippen molar-refractivity contribution in [3.63, 3.8) is 0 Å². The number of likely N-dealkylation sites (tertiary alicyclic amines) is 2. The van der Waals surface area contributed by atoms with Gasteiger partial charge in [0.25, 0.3) is 32.2 Å². The average Bonchev–Trinajstić information content (AvgIpc) is 0.990. The summed E-state index contributed by atoms with van der Waals surface area (Å²) in [5.74, 6) is 4.76. The molecule has 130 heavy (non-hydrogen) atoms. The van der Waals surface area contributed by atoms with E-state index >= 15 is 0 Å². The first kappa shape index (κ1) is 103. The zero-order valence-corrected chi connectivity index (χ0v) is 82.2. The number of fused-ring (bicyclic) bond motifs is 2. The van der Waals surface area contributed by atoms with Gasteiger partial charge in [0, 0.05) is 93.3 Å². The van der Waals surface area contributed by atoms with E-state index in [2.05, 4.69) is 93.8 Å². The highest BCUT2D eigenvalue weighted by atomic mass is 35.7. The minimum Gasteiger partial charge on any atom is -0.497 e. The van der Waals surface area contributed by atoms with Crippen LogP contribution in [0.4, 0.5) is 0 Å². The SMILES string of the molecule is CC(C)N(C(C)C)P(Cl)OCCC#N.COc1ccc(C(OC[C@@H]2C[C@@H](OC)CN2C(=O)CCCSSCCN2C(=O)c3ccccc3C2=O)(c2ccccc2)c2ccc(OC)cc2)cc1.[C-]#[N+]CCOP(O[C@@H]1C[C@@H](COC(c2ccccc2)(c2ccc(OC)cc2)c2ccc(OC)cc2)N(C(=O)CCCSSCCN2C(=O)c3ccccc3C2=O)C1)N(C(C)C)C(C)C. The highest BCUT2D eigenvalue weighted by molar-refractivity contribution is 8.77. The summed E-state index contributed by atoms with van der Waals surface area (Å²) < 4.78 is 65.3. The van der Waals surface area contributed by atoms with Crippen LogP contribution in [-0.4, -0.2) is 231 Å². The van der Waals surface area contributed by atoms with Crippen LogP contribution in [0.3, 0.4) is 0 Å². The van der Waals surface area contributed by atoms with Gasteiger partial charge in [0.15, 0.2) is 0 Å². The molecule has 2 saturated heterocycles. The molecule has 4 heterocycles. The summed E-state index contributed by atoms with van der Waals surface area (Å²) in [6.45, 7) is 27.1. The lowest BCUT2D eigenvalue weighted by atomic mass is 9.80. The van der Waals surface area contributed by atoms with Crippen LogP contribution in [0.25, 0.3) is 4.85 Å². The maximum absolute atomic E-state index is 14.4. The van der Waals surface area contributed by atoms with E-state index in [4.69, 9.17) is 69.8 Å². The molecule has 12 rings (SSSR count). The maximum Gasteiger partial charge on any atom is 0.261 e. The number of carbonyl (C=O) groups is 6. The molecule has 0 bridgehead atoms. The monoisotopic (exact) mass is 1900 g/mol. The van der Waals surface area contributed by atoms with E-state index in [1.165, 1.54) is 9.80 Å². The molecule has 0 spiro atoms. The number of rotatable bonds is 47. The van der Waals surface area contributed by atoms with Crippen molar-refractivity contribution >= 4 is 106 Å². The Hall–Kier alpha value is -8.61. The smallest absolute Gasteiger partial charge is 0.261 e. The molecule has 31 heteroatoms. The van der Waals surface area contributed by atoms with Crippen LogP contribution in [0.1, 0.15) is 175 Å². The second kappa shape index (κ2) is 52.2. The molecule has 4 aliphatic rings. The molecule has 6 amide bonds. The summed E-state index contributed by atoms with van der Waals surface area (Å²) in [5.41, 5.74) is 5.33. The van der Waals surface area contributed by atoms with Crippen molar-refractivity contribution in [2.45, 2.75) is 160 Å².